The first-order valence-electron chi connectivity index (χ1n) is 12.0. The van der Waals surface area contributed by atoms with Crippen LogP contribution < -0.4 is 0 Å². The van der Waals surface area contributed by atoms with Gasteiger partial charge in [-0.2, -0.15) is 4.31 Å². The summed E-state index contributed by atoms with van der Waals surface area (Å²) in [4.78, 5) is 16.6. The Balaban J connectivity index is 1.62. The number of thiophene rings is 1. The molecule has 186 valence electrons. The smallest absolute Gasteiger partial charge is 0.243 e. The number of halogens is 1. The summed E-state index contributed by atoms with van der Waals surface area (Å²) in [6.45, 7) is 2.35. The number of aryl methyl sites for hydroxylation is 1. The fourth-order valence-electron chi connectivity index (χ4n) is 4.49. The highest BCUT2D eigenvalue weighted by molar-refractivity contribution is 7.89. The Morgan fingerprint density at radius 1 is 0.971 bits per heavy atom. The fourth-order valence-corrected chi connectivity index (χ4v) is 6.85. The van der Waals surface area contributed by atoms with Gasteiger partial charge >= 0.3 is 0 Å². The topological polar surface area (TPSA) is 57.7 Å². The van der Waals surface area contributed by atoms with Gasteiger partial charge in [0.25, 0.3) is 0 Å². The van der Waals surface area contributed by atoms with Gasteiger partial charge in [0.05, 0.1) is 18.0 Å². The van der Waals surface area contributed by atoms with Gasteiger partial charge in [0, 0.05) is 17.5 Å². The Hall–Kier alpha value is -2.55. The molecule has 1 aliphatic carbocycles. The molecule has 0 aliphatic heterocycles. The van der Waals surface area contributed by atoms with Gasteiger partial charge in [-0.25, -0.2) is 12.8 Å². The highest BCUT2D eigenvalue weighted by Gasteiger charge is 2.35. The van der Waals surface area contributed by atoms with Crippen molar-refractivity contribution in [2.75, 3.05) is 6.54 Å². The first kappa shape index (κ1) is 25.5. The van der Waals surface area contributed by atoms with Gasteiger partial charge in [0.2, 0.25) is 15.9 Å². The molecule has 8 heteroatoms. The van der Waals surface area contributed by atoms with E-state index in [1.165, 1.54) is 16.4 Å². The van der Waals surface area contributed by atoms with Crippen molar-refractivity contribution < 1.29 is 17.6 Å². The number of hydrogen-bond donors (Lipinski definition) is 0. The lowest BCUT2D eigenvalue weighted by Gasteiger charge is -2.34. The summed E-state index contributed by atoms with van der Waals surface area (Å²) in [5, 5.41) is 1.95. The van der Waals surface area contributed by atoms with Crippen LogP contribution in [0.15, 0.2) is 70.9 Å². The van der Waals surface area contributed by atoms with Crippen LogP contribution in [-0.2, 0) is 27.9 Å². The molecule has 35 heavy (non-hydrogen) atoms. The molecule has 0 atom stereocenters. The van der Waals surface area contributed by atoms with E-state index in [-0.39, 0.29) is 35.8 Å². The molecule has 2 aromatic carbocycles. The fraction of sp³-hybridized carbons (Fsp3) is 0.370. The van der Waals surface area contributed by atoms with Crippen molar-refractivity contribution >= 4 is 27.3 Å². The maximum atomic E-state index is 13.7. The number of carbonyl (C=O) groups is 1. The first-order chi connectivity index (χ1) is 16.8. The van der Waals surface area contributed by atoms with Crippen molar-refractivity contribution in [3.05, 3.63) is 87.9 Å². The van der Waals surface area contributed by atoms with Gasteiger partial charge < -0.3 is 4.90 Å². The van der Waals surface area contributed by atoms with Gasteiger partial charge in [-0.15, -0.1) is 11.3 Å². The lowest BCUT2D eigenvalue weighted by molar-refractivity contribution is -0.133. The third-order valence-corrected chi connectivity index (χ3v) is 9.24. The molecule has 0 spiro atoms. The Labute approximate surface area is 211 Å². The highest BCUT2D eigenvalue weighted by atomic mass is 32.2. The van der Waals surface area contributed by atoms with Crippen molar-refractivity contribution in [3.8, 4) is 0 Å². The average molecular weight is 515 g/mol. The number of hydrogen-bond acceptors (Lipinski definition) is 4. The van der Waals surface area contributed by atoms with E-state index in [0.717, 1.165) is 48.1 Å². The molecule has 0 saturated heterocycles. The second kappa shape index (κ2) is 11.5. The predicted octanol–water partition coefficient (Wildman–Crippen LogP) is 5.75. The number of rotatable bonds is 9. The molecule has 1 heterocycles. The van der Waals surface area contributed by atoms with E-state index in [2.05, 4.69) is 0 Å². The Morgan fingerprint density at radius 3 is 2.29 bits per heavy atom. The number of nitrogens with zero attached hydrogens (tertiary/aromatic N) is 2. The summed E-state index contributed by atoms with van der Waals surface area (Å²) in [7, 11) is -3.85. The zero-order valence-electron chi connectivity index (χ0n) is 19.9. The molecule has 1 amide bonds. The van der Waals surface area contributed by atoms with Crippen LogP contribution in [0.25, 0.3) is 0 Å². The minimum absolute atomic E-state index is 0.201. The number of sulfonamides is 1. The SMILES string of the molecule is Cc1ccc(S(=O)(=O)N(CC(=O)N(Cc2ccc(F)cc2)Cc2cccs2)C2CCCCC2)cc1. The highest BCUT2D eigenvalue weighted by Crippen LogP contribution is 2.28. The Bertz CT molecular complexity index is 1200. The van der Waals surface area contributed by atoms with Crippen molar-refractivity contribution in [2.45, 2.75) is 63.1 Å². The zero-order valence-corrected chi connectivity index (χ0v) is 21.5. The van der Waals surface area contributed by atoms with Gasteiger partial charge in [-0.05, 0) is 61.0 Å². The molecular formula is C27H31FN2O3S2. The number of carbonyl (C=O) groups excluding carboxylic acids is 1. The third-order valence-electron chi connectivity index (χ3n) is 6.47. The van der Waals surface area contributed by atoms with Crippen LogP contribution in [0.1, 0.15) is 48.1 Å². The molecule has 0 N–H and O–H groups in total. The molecule has 0 unspecified atom stereocenters. The Morgan fingerprint density at radius 2 is 1.66 bits per heavy atom. The molecular weight excluding hydrogens is 483 g/mol. The number of amides is 1. The standard InChI is InChI=1S/C27H31FN2O3S2/c1-21-9-15-26(16-10-21)35(32,33)30(24-6-3-2-4-7-24)20-27(31)29(19-25-8-5-17-34-25)18-22-11-13-23(28)14-12-22/h5,8-17,24H,2-4,6-7,18-20H2,1H3. The summed E-state index contributed by atoms with van der Waals surface area (Å²) in [5.74, 6) is -0.596. The lowest BCUT2D eigenvalue weighted by atomic mass is 9.95. The van der Waals surface area contributed by atoms with Crippen LogP contribution >= 0.6 is 11.3 Å². The summed E-state index contributed by atoms with van der Waals surface area (Å²) in [5.41, 5.74) is 1.77. The largest absolute Gasteiger partial charge is 0.332 e. The monoisotopic (exact) mass is 514 g/mol. The zero-order chi connectivity index (χ0) is 24.8. The summed E-state index contributed by atoms with van der Waals surface area (Å²) < 4.78 is 42.3. The van der Waals surface area contributed by atoms with Crippen LogP contribution in [0.5, 0.6) is 0 Å². The van der Waals surface area contributed by atoms with Crippen LogP contribution in [-0.4, -0.2) is 36.1 Å². The van der Waals surface area contributed by atoms with Gasteiger partial charge in [-0.3, -0.25) is 4.79 Å². The molecule has 1 aromatic heterocycles. The lowest BCUT2D eigenvalue weighted by Crippen LogP contribution is -2.47. The van der Waals surface area contributed by atoms with Crippen LogP contribution in [0.4, 0.5) is 4.39 Å². The summed E-state index contributed by atoms with van der Waals surface area (Å²) in [6, 6.07) is 16.6. The van der Waals surface area contributed by atoms with E-state index in [4.69, 9.17) is 0 Å². The molecule has 1 fully saturated rings. The maximum absolute atomic E-state index is 13.7. The molecule has 5 nitrogen and oxygen atoms in total. The summed E-state index contributed by atoms with van der Waals surface area (Å²) >= 11 is 1.55. The molecule has 0 bridgehead atoms. The molecule has 1 saturated carbocycles. The number of benzene rings is 2. The minimum atomic E-state index is -3.85. The van der Waals surface area contributed by atoms with Crippen molar-refractivity contribution in [3.63, 3.8) is 0 Å². The average Bonchev–Trinajstić information content (AvgIpc) is 3.37. The van der Waals surface area contributed by atoms with Crippen LogP contribution in [0.3, 0.4) is 0 Å². The third kappa shape index (κ3) is 6.57. The van der Waals surface area contributed by atoms with Crippen molar-refractivity contribution in [2.24, 2.45) is 0 Å². The van der Waals surface area contributed by atoms with Gasteiger partial charge in [0.15, 0.2) is 0 Å². The molecule has 0 radical (unpaired) electrons. The molecule has 1 aliphatic rings. The van der Waals surface area contributed by atoms with E-state index < -0.39 is 10.0 Å². The minimum Gasteiger partial charge on any atom is -0.332 e. The van der Waals surface area contributed by atoms with Crippen molar-refractivity contribution in [1.82, 2.24) is 9.21 Å². The van der Waals surface area contributed by atoms with E-state index in [1.807, 2.05) is 24.4 Å². The van der Waals surface area contributed by atoms with E-state index in [0.29, 0.717) is 6.54 Å². The van der Waals surface area contributed by atoms with E-state index >= 15 is 0 Å². The van der Waals surface area contributed by atoms with E-state index in [1.54, 1.807) is 52.6 Å². The second-order valence-corrected chi connectivity index (χ2v) is 12.0. The van der Waals surface area contributed by atoms with Crippen LogP contribution in [0, 0.1) is 12.7 Å². The normalized spacial score (nSPS) is 14.8. The van der Waals surface area contributed by atoms with Crippen molar-refractivity contribution in [1.29, 1.82) is 0 Å². The van der Waals surface area contributed by atoms with Gasteiger partial charge in [-0.1, -0.05) is 55.2 Å². The Kier molecular flexibility index (Phi) is 8.36. The van der Waals surface area contributed by atoms with Crippen LogP contribution in [0.2, 0.25) is 0 Å². The second-order valence-electron chi connectivity index (χ2n) is 9.11. The summed E-state index contributed by atoms with van der Waals surface area (Å²) in [6.07, 6.45) is 4.49. The molecule has 4 rings (SSSR count). The van der Waals surface area contributed by atoms with Gasteiger partial charge in [0.1, 0.15) is 5.82 Å². The van der Waals surface area contributed by atoms with E-state index in [9.17, 15) is 17.6 Å². The first-order valence-corrected chi connectivity index (χ1v) is 14.3. The quantitative estimate of drug-likeness (QED) is 0.365. The maximum Gasteiger partial charge on any atom is 0.243 e. The predicted molar refractivity (Wildman–Crippen MR) is 137 cm³/mol. The molecule has 3 aromatic rings.